The molecular formula is C13H21N3OS. The van der Waals surface area contributed by atoms with E-state index in [2.05, 4.69) is 35.6 Å². The van der Waals surface area contributed by atoms with Crippen LogP contribution in [0.5, 0.6) is 0 Å². The van der Waals surface area contributed by atoms with Crippen molar-refractivity contribution in [2.45, 2.75) is 45.1 Å². The van der Waals surface area contributed by atoms with Crippen LogP contribution in [0.4, 0.5) is 5.82 Å². The van der Waals surface area contributed by atoms with Crippen LogP contribution in [-0.4, -0.2) is 41.5 Å². The molecule has 0 aromatic carbocycles. The quantitative estimate of drug-likeness (QED) is 0.608. The van der Waals surface area contributed by atoms with Crippen molar-refractivity contribution in [1.29, 1.82) is 0 Å². The first-order chi connectivity index (χ1) is 8.51. The van der Waals surface area contributed by atoms with Gasteiger partial charge in [-0.05, 0) is 34.0 Å². The van der Waals surface area contributed by atoms with Crippen LogP contribution in [0, 0.1) is 13.8 Å². The van der Waals surface area contributed by atoms with Crippen LogP contribution in [0.1, 0.15) is 25.1 Å². The molecule has 1 aliphatic rings. The Kier molecular flexibility index (Phi) is 4.12. The Balaban J connectivity index is 2.34. The number of hydrogen-bond acceptors (Lipinski definition) is 5. The average molecular weight is 267 g/mol. The summed E-state index contributed by atoms with van der Waals surface area (Å²) in [5.74, 6) is 1.06. The maximum Gasteiger partial charge on any atom is 0.189 e. The number of rotatable bonds is 2. The van der Waals surface area contributed by atoms with E-state index in [9.17, 15) is 0 Å². The third-order valence-electron chi connectivity index (χ3n) is 3.24. The predicted molar refractivity (Wildman–Crippen MR) is 75.5 cm³/mol. The molecule has 1 aromatic heterocycles. The predicted octanol–water partition coefficient (Wildman–Crippen LogP) is 2.43. The Morgan fingerprint density at radius 2 is 1.78 bits per heavy atom. The van der Waals surface area contributed by atoms with E-state index in [1.807, 2.05) is 13.2 Å². The van der Waals surface area contributed by atoms with Crippen LogP contribution >= 0.6 is 11.8 Å². The molecule has 2 atom stereocenters. The Morgan fingerprint density at radius 1 is 1.17 bits per heavy atom. The van der Waals surface area contributed by atoms with Crippen molar-refractivity contribution in [3.8, 4) is 0 Å². The number of hydrogen-bond donors (Lipinski definition) is 0. The van der Waals surface area contributed by atoms with Gasteiger partial charge in [-0.1, -0.05) is 11.8 Å². The van der Waals surface area contributed by atoms with Gasteiger partial charge < -0.3 is 9.64 Å². The molecule has 100 valence electrons. The van der Waals surface area contributed by atoms with Gasteiger partial charge in [-0.25, -0.2) is 9.97 Å². The summed E-state index contributed by atoms with van der Waals surface area (Å²) < 4.78 is 5.77. The van der Waals surface area contributed by atoms with Gasteiger partial charge in [-0.3, -0.25) is 0 Å². The fourth-order valence-electron chi connectivity index (χ4n) is 2.34. The Labute approximate surface area is 113 Å². The zero-order valence-corrected chi connectivity index (χ0v) is 12.5. The summed E-state index contributed by atoms with van der Waals surface area (Å²) in [6.07, 6.45) is 2.51. The monoisotopic (exact) mass is 267 g/mol. The van der Waals surface area contributed by atoms with Crippen molar-refractivity contribution in [1.82, 2.24) is 9.97 Å². The highest BCUT2D eigenvalue weighted by Gasteiger charge is 2.25. The lowest BCUT2D eigenvalue weighted by atomic mass is 10.2. The number of nitrogens with zero attached hydrogens (tertiary/aromatic N) is 3. The van der Waals surface area contributed by atoms with Gasteiger partial charge in [0.15, 0.2) is 5.16 Å². The van der Waals surface area contributed by atoms with E-state index in [1.54, 1.807) is 11.8 Å². The van der Waals surface area contributed by atoms with Gasteiger partial charge in [-0.2, -0.15) is 0 Å². The van der Waals surface area contributed by atoms with Gasteiger partial charge >= 0.3 is 0 Å². The van der Waals surface area contributed by atoms with E-state index in [4.69, 9.17) is 4.74 Å². The van der Waals surface area contributed by atoms with Crippen LogP contribution in [0.25, 0.3) is 0 Å². The first-order valence-electron chi connectivity index (χ1n) is 6.31. The summed E-state index contributed by atoms with van der Waals surface area (Å²) >= 11 is 1.59. The topological polar surface area (TPSA) is 38.2 Å². The maximum atomic E-state index is 5.77. The number of morpholine rings is 1. The first kappa shape index (κ1) is 13.6. The number of ether oxygens (including phenoxy) is 1. The molecule has 4 nitrogen and oxygen atoms in total. The first-order valence-corrected chi connectivity index (χ1v) is 7.53. The molecule has 2 heterocycles. The number of thioether (sulfide) groups is 1. The molecule has 0 spiro atoms. The molecule has 2 unspecified atom stereocenters. The minimum absolute atomic E-state index is 0.251. The van der Waals surface area contributed by atoms with Crippen molar-refractivity contribution in [2.24, 2.45) is 0 Å². The summed E-state index contributed by atoms with van der Waals surface area (Å²) in [5, 5.41) is 0.847. The second-order valence-corrected chi connectivity index (χ2v) is 5.68. The van der Waals surface area contributed by atoms with Crippen molar-refractivity contribution in [2.75, 3.05) is 24.2 Å². The van der Waals surface area contributed by atoms with E-state index in [0.29, 0.717) is 0 Å². The molecule has 18 heavy (non-hydrogen) atoms. The van der Waals surface area contributed by atoms with Crippen LogP contribution in [0.2, 0.25) is 0 Å². The summed E-state index contributed by atoms with van der Waals surface area (Å²) in [6.45, 7) is 10.2. The second kappa shape index (κ2) is 5.45. The van der Waals surface area contributed by atoms with Crippen LogP contribution < -0.4 is 4.90 Å². The largest absolute Gasteiger partial charge is 0.372 e. The van der Waals surface area contributed by atoms with E-state index in [-0.39, 0.29) is 12.2 Å². The SMILES string of the molecule is CSc1nc(C)c(C)c(N2CC(C)OC(C)C2)n1. The van der Waals surface area contributed by atoms with Gasteiger partial charge in [0.25, 0.3) is 0 Å². The lowest BCUT2D eigenvalue weighted by molar-refractivity contribution is -0.00553. The highest BCUT2D eigenvalue weighted by molar-refractivity contribution is 7.98. The minimum atomic E-state index is 0.251. The molecular weight excluding hydrogens is 246 g/mol. The zero-order chi connectivity index (χ0) is 13.3. The third kappa shape index (κ3) is 2.78. The normalized spacial score (nSPS) is 24.4. The van der Waals surface area contributed by atoms with Crippen molar-refractivity contribution in [3.05, 3.63) is 11.3 Å². The standard InChI is InChI=1S/C13H21N3OS/c1-8-6-16(7-9(2)17-8)12-10(3)11(4)14-13(15-12)18-5/h8-9H,6-7H2,1-5H3. The Morgan fingerprint density at radius 3 is 2.33 bits per heavy atom. The highest BCUT2D eigenvalue weighted by Crippen LogP contribution is 2.25. The lowest BCUT2D eigenvalue weighted by Crippen LogP contribution is -2.46. The molecule has 1 saturated heterocycles. The molecule has 0 saturated carbocycles. The Bertz CT molecular complexity index is 428. The van der Waals surface area contributed by atoms with E-state index >= 15 is 0 Å². The molecule has 1 fully saturated rings. The van der Waals surface area contributed by atoms with Gasteiger partial charge in [0, 0.05) is 24.3 Å². The van der Waals surface area contributed by atoms with Crippen LogP contribution in [-0.2, 0) is 4.74 Å². The van der Waals surface area contributed by atoms with Crippen molar-refractivity contribution < 1.29 is 4.74 Å². The summed E-state index contributed by atoms with van der Waals surface area (Å²) in [6, 6.07) is 0. The summed E-state index contributed by atoms with van der Waals surface area (Å²) in [7, 11) is 0. The molecule has 2 rings (SSSR count). The molecule has 0 radical (unpaired) electrons. The van der Waals surface area contributed by atoms with Gasteiger partial charge in [-0.15, -0.1) is 0 Å². The smallest absolute Gasteiger partial charge is 0.189 e. The molecule has 0 amide bonds. The highest BCUT2D eigenvalue weighted by atomic mass is 32.2. The maximum absolute atomic E-state index is 5.77. The number of aromatic nitrogens is 2. The molecule has 1 aromatic rings. The Hall–Kier alpha value is -0.810. The van der Waals surface area contributed by atoms with Gasteiger partial charge in [0.2, 0.25) is 0 Å². The molecule has 1 aliphatic heterocycles. The average Bonchev–Trinajstić information content (AvgIpc) is 2.31. The number of aryl methyl sites for hydroxylation is 1. The molecule has 0 N–H and O–H groups in total. The summed E-state index contributed by atoms with van der Waals surface area (Å²) in [5.41, 5.74) is 2.24. The second-order valence-electron chi connectivity index (χ2n) is 4.91. The van der Waals surface area contributed by atoms with E-state index in [0.717, 1.165) is 29.8 Å². The minimum Gasteiger partial charge on any atom is -0.372 e. The molecule has 5 heteroatoms. The van der Waals surface area contributed by atoms with Crippen LogP contribution in [0.15, 0.2) is 5.16 Å². The van der Waals surface area contributed by atoms with Gasteiger partial charge in [0.1, 0.15) is 5.82 Å². The third-order valence-corrected chi connectivity index (χ3v) is 3.79. The van der Waals surface area contributed by atoms with Crippen molar-refractivity contribution >= 4 is 17.6 Å². The van der Waals surface area contributed by atoms with Crippen molar-refractivity contribution in [3.63, 3.8) is 0 Å². The molecule has 0 bridgehead atoms. The fourth-order valence-corrected chi connectivity index (χ4v) is 2.74. The molecule has 0 aliphatic carbocycles. The van der Waals surface area contributed by atoms with E-state index < -0.39 is 0 Å². The lowest BCUT2D eigenvalue weighted by Gasteiger charge is -2.37. The zero-order valence-electron chi connectivity index (χ0n) is 11.7. The van der Waals surface area contributed by atoms with E-state index in [1.165, 1.54) is 5.56 Å². The fraction of sp³-hybridized carbons (Fsp3) is 0.692. The number of anilines is 1. The van der Waals surface area contributed by atoms with Gasteiger partial charge in [0.05, 0.1) is 12.2 Å². The van der Waals surface area contributed by atoms with Crippen LogP contribution in [0.3, 0.4) is 0 Å². The summed E-state index contributed by atoms with van der Waals surface area (Å²) in [4.78, 5) is 11.5.